The minimum atomic E-state index is 0.145. The first kappa shape index (κ1) is 21.1. The number of likely N-dealkylation sites (tertiary alicyclic amines) is 1. The maximum Gasteiger partial charge on any atom is 0.223 e. The first-order valence-corrected chi connectivity index (χ1v) is 11.6. The van der Waals surface area contributed by atoms with E-state index in [0.717, 1.165) is 31.5 Å². The van der Waals surface area contributed by atoms with Gasteiger partial charge in [0.1, 0.15) is 0 Å². The van der Waals surface area contributed by atoms with Crippen LogP contribution in [0.3, 0.4) is 0 Å². The first-order chi connectivity index (χ1) is 15.6. The summed E-state index contributed by atoms with van der Waals surface area (Å²) in [6.45, 7) is 1.56. The standard InChI is InChI=1S/C25H23Cl2N3O2/c26-17-5-6-19(21(27)13-17)23-15-29-24(32-23)7-8-25(31)30-11-9-16(10-12-30)20-14-28-22-4-2-1-3-18(20)22/h1-6,13-16,28H,7-12H2. The fraction of sp³-hybridized carbons (Fsp3) is 0.280. The van der Waals surface area contributed by atoms with Crippen molar-refractivity contribution in [1.82, 2.24) is 14.9 Å². The second-order valence-corrected chi connectivity index (χ2v) is 9.03. The fourth-order valence-corrected chi connectivity index (χ4v) is 4.98. The molecule has 0 aliphatic carbocycles. The number of hydrogen-bond acceptors (Lipinski definition) is 3. The number of benzene rings is 2. The van der Waals surface area contributed by atoms with Gasteiger partial charge in [-0.3, -0.25) is 4.79 Å². The van der Waals surface area contributed by atoms with Crippen molar-refractivity contribution in [1.29, 1.82) is 0 Å². The third-order valence-electron chi connectivity index (χ3n) is 6.21. The van der Waals surface area contributed by atoms with E-state index in [9.17, 15) is 4.79 Å². The maximum atomic E-state index is 12.8. The molecule has 1 aliphatic heterocycles. The van der Waals surface area contributed by atoms with Crippen LogP contribution in [0.1, 0.15) is 36.6 Å². The van der Waals surface area contributed by atoms with E-state index in [1.807, 2.05) is 11.0 Å². The Balaban J connectivity index is 1.16. The molecule has 164 valence electrons. The Bertz CT molecular complexity index is 1260. The molecule has 0 spiro atoms. The molecule has 5 nitrogen and oxygen atoms in total. The molecule has 0 unspecified atom stereocenters. The molecule has 1 fully saturated rings. The van der Waals surface area contributed by atoms with E-state index in [4.69, 9.17) is 27.6 Å². The number of amides is 1. The molecule has 0 bridgehead atoms. The van der Waals surface area contributed by atoms with Crippen LogP contribution >= 0.6 is 23.2 Å². The highest BCUT2D eigenvalue weighted by molar-refractivity contribution is 6.36. The normalized spacial score (nSPS) is 14.9. The number of oxazole rings is 1. The molecule has 2 aromatic carbocycles. The predicted molar refractivity (Wildman–Crippen MR) is 127 cm³/mol. The van der Waals surface area contributed by atoms with E-state index in [1.54, 1.807) is 24.4 Å². The van der Waals surface area contributed by atoms with Gasteiger partial charge >= 0.3 is 0 Å². The molecule has 2 aromatic heterocycles. The SMILES string of the molecule is O=C(CCc1ncc(-c2ccc(Cl)cc2Cl)o1)N1CCC(c2c[nH]c3ccccc23)CC1. The Morgan fingerprint density at radius 1 is 1.16 bits per heavy atom. The third-order valence-corrected chi connectivity index (χ3v) is 6.76. The molecular weight excluding hydrogens is 445 g/mol. The van der Waals surface area contributed by atoms with Gasteiger partial charge in [-0.1, -0.05) is 41.4 Å². The molecule has 1 saturated heterocycles. The van der Waals surface area contributed by atoms with Crippen molar-refractivity contribution >= 4 is 40.0 Å². The van der Waals surface area contributed by atoms with Crippen LogP contribution in [0.25, 0.3) is 22.2 Å². The summed E-state index contributed by atoms with van der Waals surface area (Å²) in [6.07, 6.45) is 6.57. The van der Waals surface area contributed by atoms with Crippen LogP contribution < -0.4 is 0 Å². The Morgan fingerprint density at radius 3 is 2.78 bits per heavy atom. The molecule has 32 heavy (non-hydrogen) atoms. The van der Waals surface area contributed by atoms with Crippen molar-refractivity contribution in [3.8, 4) is 11.3 Å². The summed E-state index contributed by atoms with van der Waals surface area (Å²) in [5.74, 6) is 1.74. The van der Waals surface area contributed by atoms with Gasteiger partial charge < -0.3 is 14.3 Å². The second-order valence-electron chi connectivity index (χ2n) is 8.19. The summed E-state index contributed by atoms with van der Waals surface area (Å²) in [4.78, 5) is 22.4. The van der Waals surface area contributed by atoms with Crippen molar-refractivity contribution in [3.05, 3.63) is 76.4 Å². The zero-order chi connectivity index (χ0) is 22.1. The highest BCUT2D eigenvalue weighted by Gasteiger charge is 2.25. The summed E-state index contributed by atoms with van der Waals surface area (Å²) >= 11 is 12.2. The van der Waals surface area contributed by atoms with Crippen LogP contribution in [0.5, 0.6) is 0 Å². The molecular formula is C25H23Cl2N3O2. The molecule has 3 heterocycles. The third kappa shape index (κ3) is 4.27. The highest BCUT2D eigenvalue weighted by atomic mass is 35.5. The molecule has 1 amide bonds. The Morgan fingerprint density at radius 2 is 1.97 bits per heavy atom. The quantitative estimate of drug-likeness (QED) is 0.365. The van der Waals surface area contributed by atoms with Crippen LogP contribution in [0.15, 0.2) is 59.3 Å². The number of para-hydroxylation sites is 1. The number of nitrogens with one attached hydrogen (secondary N) is 1. The summed E-state index contributed by atoms with van der Waals surface area (Å²) < 4.78 is 5.82. The number of carbonyl (C=O) groups excluding carboxylic acids is 1. The smallest absolute Gasteiger partial charge is 0.223 e. The topological polar surface area (TPSA) is 62.1 Å². The molecule has 1 aliphatic rings. The maximum absolute atomic E-state index is 12.8. The van der Waals surface area contributed by atoms with Crippen LogP contribution in [0.4, 0.5) is 0 Å². The molecule has 4 aromatic rings. The minimum absolute atomic E-state index is 0.145. The van der Waals surface area contributed by atoms with E-state index in [-0.39, 0.29) is 5.91 Å². The van der Waals surface area contributed by atoms with Crippen molar-refractivity contribution in [2.45, 2.75) is 31.6 Å². The van der Waals surface area contributed by atoms with Crippen LogP contribution in [-0.4, -0.2) is 33.9 Å². The van der Waals surface area contributed by atoms with Crippen molar-refractivity contribution in [2.24, 2.45) is 0 Å². The molecule has 0 radical (unpaired) electrons. The lowest BCUT2D eigenvalue weighted by molar-refractivity contribution is -0.132. The number of fused-ring (bicyclic) bond motifs is 1. The van der Waals surface area contributed by atoms with E-state index < -0.39 is 0 Å². The van der Waals surface area contributed by atoms with Crippen LogP contribution in [0.2, 0.25) is 10.0 Å². The van der Waals surface area contributed by atoms with Gasteiger partial charge in [0, 0.05) is 53.6 Å². The highest BCUT2D eigenvalue weighted by Crippen LogP contribution is 2.34. The van der Waals surface area contributed by atoms with E-state index in [0.29, 0.717) is 40.5 Å². The number of H-pyrrole nitrogens is 1. The number of halogens is 2. The summed E-state index contributed by atoms with van der Waals surface area (Å²) in [6, 6.07) is 13.6. The van der Waals surface area contributed by atoms with Gasteiger partial charge in [-0.25, -0.2) is 4.98 Å². The van der Waals surface area contributed by atoms with Crippen LogP contribution in [0, 0.1) is 0 Å². The number of aryl methyl sites for hydroxylation is 1. The lowest BCUT2D eigenvalue weighted by Crippen LogP contribution is -2.38. The summed E-state index contributed by atoms with van der Waals surface area (Å²) in [5, 5.41) is 2.37. The average molecular weight is 468 g/mol. The number of aromatic nitrogens is 2. The van der Waals surface area contributed by atoms with Crippen LogP contribution in [-0.2, 0) is 11.2 Å². The lowest BCUT2D eigenvalue weighted by atomic mass is 9.89. The van der Waals surface area contributed by atoms with Gasteiger partial charge in [0.2, 0.25) is 5.91 Å². The first-order valence-electron chi connectivity index (χ1n) is 10.8. The van der Waals surface area contributed by atoms with Gasteiger partial charge in [0.05, 0.1) is 11.2 Å². The van der Waals surface area contributed by atoms with Crippen molar-refractivity contribution < 1.29 is 9.21 Å². The lowest BCUT2D eigenvalue weighted by Gasteiger charge is -2.32. The molecule has 5 rings (SSSR count). The second kappa shape index (κ2) is 9.00. The van der Waals surface area contributed by atoms with Crippen molar-refractivity contribution in [3.63, 3.8) is 0 Å². The number of piperidine rings is 1. The number of rotatable bonds is 5. The largest absolute Gasteiger partial charge is 0.441 e. The van der Waals surface area contributed by atoms with E-state index >= 15 is 0 Å². The Labute approximate surface area is 196 Å². The Hall–Kier alpha value is -2.76. The fourth-order valence-electron chi connectivity index (χ4n) is 4.48. The zero-order valence-corrected chi connectivity index (χ0v) is 19.0. The van der Waals surface area contributed by atoms with E-state index in [2.05, 4.69) is 34.4 Å². The molecule has 1 N–H and O–H groups in total. The summed E-state index contributed by atoms with van der Waals surface area (Å²) in [7, 11) is 0. The van der Waals surface area contributed by atoms with E-state index in [1.165, 1.54) is 16.5 Å². The van der Waals surface area contributed by atoms with Crippen molar-refractivity contribution in [2.75, 3.05) is 13.1 Å². The summed E-state index contributed by atoms with van der Waals surface area (Å²) in [5.41, 5.74) is 3.27. The predicted octanol–water partition coefficient (Wildman–Crippen LogP) is 6.47. The van der Waals surface area contributed by atoms with Gasteiger partial charge in [-0.2, -0.15) is 0 Å². The zero-order valence-electron chi connectivity index (χ0n) is 17.5. The number of aromatic amines is 1. The van der Waals surface area contributed by atoms with Gasteiger partial charge in [-0.15, -0.1) is 0 Å². The van der Waals surface area contributed by atoms with Gasteiger partial charge in [0.15, 0.2) is 11.7 Å². The number of hydrogen-bond donors (Lipinski definition) is 1. The Kier molecular flexibility index (Phi) is 5.94. The monoisotopic (exact) mass is 467 g/mol. The van der Waals surface area contributed by atoms with Gasteiger partial charge in [0.25, 0.3) is 0 Å². The molecule has 0 atom stereocenters. The molecule has 7 heteroatoms. The van der Waals surface area contributed by atoms with Gasteiger partial charge in [-0.05, 0) is 48.6 Å². The molecule has 0 saturated carbocycles. The minimum Gasteiger partial charge on any atom is -0.441 e. The number of carbonyl (C=O) groups is 1. The average Bonchev–Trinajstić information content (AvgIpc) is 3.45. The number of nitrogens with zero attached hydrogens (tertiary/aromatic N) is 2.